The summed E-state index contributed by atoms with van der Waals surface area (Å²) in [6.07, 6.45) is 3.02. The molecule has 19 heavy (non-hydrogen) atoms. The van der Waals surface area contributed by atoms with Crippen molar-refractivity contribution in [1.29, 1.82) is 0 Å². The van der Waals surface area contributed by atoms with Crippen LogP contribution in [0.25, 0.3) is 0 Å². The number of nitrogen functional groups attached to an aromatic ring is 1. The Morgan fingerprint density at radius 3 is 2.79 bits per heavy atom. The molecular formula is C12H18N4O2S. The molecule has 104 valence electrons. The Bertz CT molecular complexity index is 497. The number of nitrogens with one attached hydrogen (secondary N) is 2. The smallest absolute Gasteiger partial charge is 0.255 e. The minimum atomic E-state index is -0.725. The number of nitrogens with two attached hydrogens (primary N) is 1. The molecule has 0 unspecified atom stereocenters. The first-order chi connectivity index (χ1) is 9.10. The summed E-state index contributed by atoms with van der Waals surface area (Å²) in [6, 6.07) is 1.81. The molecule has 1 fully saturated rings. The molecule has 7 heteroatoms. The molecule has 0 radical (unpaired) electrons. The summed E-state index contributed by atoms with van der Waals surface area (Å²) in [6.45, 7) is 1.83. The van der Waals surface area contributed by atoms with Gasteiger partial charge in [-0.3, -0.25) is 19.8 Å². The highest BCUT2D eigenvalue weighted by Gasteiger charge is 2.21. The molecule has 0 bridgehead atoms. The van der Waals surface area contributed by atoms with Crippen LogP contribution in [0.5, 0.6) is 0 Å². The summed E-state index contributed by atoms with van der Waals surface area (Å²) in [4.78, 5) is 16.3. The molecule has 0 aliphatic carbocycles. The quantitative estimate of drug-likeness (QED) is 0.548. The second-order valence-electron chi connectivity index (χ2n) is 4.61. The highest BCUT2D eigenvalue weighted by Crippen LogP contribution is 2.16. The maximum atomic E-state index is 12.2. The topological polar surface area (TPSA) is 97.1 Å². The zero-order chi connectivity index (χ0) is 13.8. The summed E-state index contributed by atoms with van der Waals surface area (Å²) in [5, 5.41) is 2.94. The first-order valence-corrected chi connectivity index (χ1v) is 7.68. The van der Waals surface area contributed by atoms with E-state index in [0.717, 1.165) is 18.5 Å². The fourth-order valence-electron chi connectivity index (χ4n) is 2.06. The Hall–Kier alpha value is -1.47. The SMILES string of the molecule is Cc1cc(NN)c(C(=O)NC2CCS(=O)CC2)cn1. The molecule has 1 aromatic heterocycles. The van der Waals surface area contributed by atoms with Gasteiger partial charge in [-0.1, -0.05) is 0 Å². The molecule has 2 rings (SSSR count). The number of hydrazine groups is 1. The van der Waals surface area contributed by atoms with Gasteiger partial charge in [0.05, 0.1) is 11.3 Å². The van der Waals surface area contributed by atoms with Crippen LogP contribution in [0.2, 0.25) is 0 Å². The van der Waals surface area contributed by atoms with Crippen molar-refractivity contribution in [2.45, 2.75) is 25.8 Å². The number of amides is 1. The van der Waals surface area contributed by atoms with Crippen LogP contribution in [0.1, 0.15) is 28.9 Å². The van der Waals surface area contributed by atoms with Gasteiger partial charge in [-0.15, -0.1) is 0 Å². The van der Waals surface area contributed by atoms with Crippen LogP contribution in [-0.2, 0) is 10.8 Å². The highest BCUT2D eigenvalue weighted by molar-refractivity contribution is 7.85. The van der Waals surface area contributed by atoms with E-state index in [-0.39, 0.29) is 11.9 Å². The fraction of sp³-hybridized carbons (Fsp3) is 0.500. The number of nitrogens with zero attached hydrogens (tertiary/aromatic N) is 1. The lowest BCUT2D eigenvalue weighted by molar-refractivity contribution is 0.0935. The number of rotatable bonds is 3. The van der Waals surface area contributed by atoms with Crippen LogP contribution < -0.4 is 16.6 Å². The van der Waals surface area contributed by atoms with E-state index in [9.17, 15) is 9.00 Å². The zero-order valence-corrected chi connectivity index (χ0v) is 11.6. The molecule has 0 saturated carbocycles. The lowest BCUT2D eigenvalue weighted by Gasteiger charge is -2.23. The van der Waals surface area contributed by atoms with Crippen LogP contribution in [-0.4, -0.2) is 32.6 Å². The molecule has 0 aromatic carbocycles. The largest absolute Gasteiger partial charge is 0.349 e. The number of carbonyl (C=O) groups excluding carboxylic acids is 1. The molecule has 1 aliphatic rings. The molecule has 4 N–H and O–H groups in total. The Morgan fingerprint density at radius 2 is 2.16 bits per heavy atom. The van der Waals surface area contributed by atoms with Gasteiger partial charge in [0, 0.05) is 40.2 Å². The van der Waals surface area contributed by atoms with Crippen molar-refractivity contribution in [2.75, 3.05) is 16.9 Å². The van der Waals surface area contributed by atoms with Crippen molar-refractivity contribution in [3.05, 3.63) is 23.5 Å². The van der Waals surface area contributed by atoms with Crippen LogP contribution in [0.4, 0.5) is 5.69 Å². The molecule has 1 aromatic rings. The first kappa shape index (κ1) is 14.0. The van der Waals surface area contributed by atoms with E-state index >= 15 is 0 Å². The second kappa shape index (κ2) is 6.12. The average molecular weight is 282 g/mol. The summed E-state index contributed by atoms with van der Waals surface area (Å²) in [5.74, 6) is 6.52. The Kier molecular flexibility index (Phi) is 4.49. The summed E-state index contributed by atoms with van der Waals surface area (Å²) < 4.78 is 11.3. The maximum absolute atomic E-state index is 12.2. The number of pyridine rings is 1. The van der Waals surface area contributed by atoms with Gasteiger partial charge in [0.25, 0.3) is 5.91 Å². The normalized spacial score (nSPS) is 22.8. The zero-order valence-electron chi connectivity index (χ0n) is 10.8. The third-order valence-electron chi connectivity index (χ3n) is 3.16. The highest BCUT2D eigenvalue weighted by atomic mass is 32.2. The predicted molar refractivity (Wildman–Crippen MR) is 75.1 cm³/mol. The van der Waals surface area contributed by atoms with Crippen molar-refractivity contribution >= 4 is 22.4 Å². The molecule has 1 saturated heterocycles. The van der Waals surface area contributed by atoms with Crippen LogP contribution >= 0.6 is 0 Å². The summed E-state index contributed by atoms with van der Waals surface area (Å²) in [7, 11) is -0.725. The molecular weight excluding hydrogens is 264 g/mol. The van der Waals surface area contributed by atoms with Gasteiger partial charge in [-0.25, -0.2) is 0 Å². The molecule has 1 amide bonds. The van der Waals surface area contributed by atoms with E-state index in [1.807, 2.05) is 6.92 Å². The van der Waals surface area contributed by atoms with Gasteiger partial charge >= 0.3 is 0 Å². The lowest BCUT2D eigenvalue weighted by Crippen LogP contribution is -2.40. The maximum Gasteiger partial charge on any atom is 0.255 e. The predicted octanol–water partition coefficient (Wildman–Crippen LogP) is 0.317. The molecule has 2 heterocycles. The van der Waals surface area contributed by atoms with Crippen LogP contribution in [0.3, 0.4) is 0 Å². The van der Waals surface area contributed by atoms with E-state index in [0.29, 0.717) is 22.8 Å². The number of aromatic nitrogens is 1. The van der Waals surface area contributed by atoms with Gasteiger partial charge < -0.3 is 10.7 Å². The van der Waals surface area contributed by atoms with Crippen molar-refractivity contribution in [3.8, 4) is 0 Å². The van der Waals surface area contributed by atoms with E-state index in [1.54, 1.807) is 6.07 Å². The summed E-state index contributed by atoms with van der Waals surface area (Å²) in [5.41, 5.74) is 4.29. The third-order valence-corrected chi connectivity index (χ3v) is 4.55. The third kappa shape index (κ3) is 3.51. The standard InChI is InChI=1S/C12H18N4O2S/c1-8-6-11(16-13)10(7-14-8)12(17)15-9-2-4-19(18)5-3-9/h6-7,9H,2-5,13H2,1H3,(H,14,16)(H,15,17). The summed E-state index contributed by atoms with van der Waals surface area (Å²) >= 11 is 0. The number of anilines is 1. The first-order valence-electron chi connectivity index (χ1n) is 6.19. The van der Waals surface area contributed by atoms with Crippen molar-refractivity contribution in [3.63, 3.8) is 0 Å². The minimum Gasteiger partial charge on any atom is -0.349 e. The van der Waals surface area contributed by atoms with Gasteiger partial charge in [0.15, 0.2) is 0 Å². The number of hydrogen-bond acceptors (Lipinski definition) is 5. The molecule has 6 nitrogen and oxygen atoms in total. The van der Waals surface area contributed by atoms with Gasteiger partial charge in [0.1, 0.15) is 0 Å². The Labute approximate surface area is 114 Å². The molecule has 0 spiro atoms. The molecule has 1 aliphatic heterocycles. The van der Waals surface area contributed by atoms with Crippen LogP contribution in [0, 0.1) is 6.92 Å². The number of hydrogen-bond donors (Lipinski definition) is 3. The monoisotopic (exact) mass is 282 g/mol. The number of aryl methyl sites for hydroxylation is 1. The van der Waals surface area contributed by atoms with Crippen molar-refractivity contribution in [1.82, 2.24) is 10.3 Å². The van der Waals surface area contributed by atoms with E-state index in [2.05, 4.69) is 15.7 Å². The van der Waals surface area contributed by atoms with Crippen LogP contribution in [0.15, 0.2) is 12.3 Å². The van der Waals surface area contributed by atoms with Gasteiger partial charge in [-0.2, -0.15) is 0 Å². The average Bonchev–Trinajstić information content (AvgIpc) is 2.41. The lowest BCUT2D eigenvalue weighted by atomic mass is 10.1. The van der Waals surface area contributed by atoms with E-state index < -0.39 is 10.8 Å². The second-order valence-corrected chi connectivity index (χ2v) is 6.31. The van der Waals surface area contributed by atoms with Gasteiger partial charge in [0.2, 0.25) is 0 Å². The van der Waals surface area contributed by atoms with E-state index in [4.69, 9.17) is 5.84 Å². The molecule has 0 atom stereocenters. The van der Waals surface area contributed by atoms with Crippen molar-refractivity contribution < 1.29 is 9.00 Å². The van der Waals surface area contributed by atoms with Crippen molar-refractivity contribution in [2.24, 2.45) is 5.84 Å². The Morgan fingerprint density at radius 1 is 1.47 bits per heavy atom. The Balaban J connectivity index is 2.05. The minimum absolute atomic E-state index is 0.0807. The number of carbonyl (C=O) groups is 1. The fourth-order valence-corrected chi connectivity index (χ4v) is 3.36. The van der Waals surface area contributed by atoms with Gasteiger partial charge in [-0.05, 0) is 25.8 Å². The van der Waals surface area contributed by atoms with E-state index in [1.165, 1.54) is 6.20 Å².